The summed E-state index contributed by atoms with van der Waals surface area (Å²) in [5, 5.41) is 0.776. The standard InChI is InChI=1S/C29H32FN5O3/c1-18-24(19-10-12-22(13-11-19)37-23-9-5-7-20(30)15-23)25-26(31)32-17-33-27(25)35(18)21-8-6-14-34(16-21)28(36)38-29(2,3)4/h5,7,9-13,15,17,21H,6,8,14,16H2,1-4H3,(H2,31,32,33). The Labute approximate surface area is 221 Å². The van der Waals surface area contributed by atoms with E-state index in [0.717, 1.165) is 40.7 Å². The third kappa shape index (κ3) is 5.14. The zero-order valence-electron chi connectivity index (χ0n) is 22.1. The first-order valence-corrected chi connectivity index (χ1v) is 12.7. The van der Waals surface area contributed by atoms with E-state index in [0.29, 0.717) is 30.4 Å². The highest BCUT2D eigenvalue weighted by Crippen LogP contribution is 2.40. The molecule has 1 unspecified atom stereocenters. The Morgan fingerprint density at radius 1 is 1.11 bits per heavy atom. The van der Waals surface area contributed by atoms with Crippen molar-refractivity contribution < 1.29 is 18.7 Å². The number of likely N-dealkylation sites (tertiary alicyclic amines) is 1. The third-order valence-corrected chi connectivity index (χ3v) is 6.65. The molecule has 0 aliphatic carbocycles. The molecular formula is C29H32FN5O3. The van der Waals surface area contributed by atoms with Gasteiger partial charge in [0.05, 0.1) is 11.4 Å². The van der Waals surface area contributed by atoms with E-state index in [9.17, 15) is 9.18 Å². The molecule has 1 fully saturated rings. The van der Waals surface area contributed by atoms with Gasteiger partial charge in [0, 0.05) is 30.4 Å². The molecule has 0 spiro atoms. The van der Waals surface area contributed by atoms with Crippen LogP contribution in [-0.4, -0.2) is 44.2 Å². The van der Waals surface area contributed by atoms with Gasteiger partial charge in [0.1, 0.15) is 40.7 Å². The number of hydrogen-bond acceptors (Lipinski definition) is 6. The second-order valence-electron chi connectivity index (χ2n) is 10.6. The topological polar surface area (TPSA) is 95.5 Å². The quantitative estimate of drug-likeness (QED) is 0.332. The Morgan fingerprint density at radius 3 is 2.58 bits per heavy atom. The van der Waals surface area contributed by atoms with Crippen molar-refractivity contribution in [1.82, 2.24) is 19.4 Å². The molecule has 0 radical (unpaired) electrons. The first-order valence-electron chi connectivity index (χ1n) is 12.7. The Kier molecular flexibility index (Phi) is 6.69. The lowest BCUT2D eigenvalue weighted by Crippen LogP contribution is -2.43. The number of carbonyl (C=O) groups excluding carboxylic acids is 1. The van der Waals surface area contributed by atoms with Crippen LogP contribution < -0.4 is 10.5 Å². The van der Waals surface area contributed by atoms with Crippen LogP contribution in [-0.2, 0) is 4.74 Å². The van der Waals surface area contributed by atoms with Crippen LogP contribution in [0.2, 0.25) is 0 Å². The maximum Gasteiger partial charge on any atom is 0.410 e. The number of anilines is 1. The zero-order valence-corrected chi connectivity index (χ0v) is 22.1. The summed E-state index contributed by atoms with van der Waals surface area (Å²) in [5.41, 5.74) is 9.42. The lowest BCUT2D eigenvalue weighted by molar-refractivity contribution is 0.0173. The number of ether oxygens (including phenoxy) is 2. The van der Waals surface area contributed by atoms with Gasteiger partial charge >= 0.3 is 6.09 Å². The molecule has 2 N–H and O–H groups in total. The molecule has 3 heterocycles. The monoisotopic (exact) mass is 517 g/mol. The Bertz CT molecular complexity index is 1480. The van der Waals surface area contributed by atoms with Crippen LogP contribution in [0.25, 0.3) is 22.2 Å². The Morgan fingerprint density at radius 2 is 1.87 bits per heavy atom. The van der Waals surface area contributed by atoms with Gasteiger partial charge in [-0.3, -0.25) is 0 Å². The molecule has 2 aromatic carbocycles. The van der Waals surface area contributed by atoms with Crippen molar-refractivity contribution >= 4 is 22.9 Å². The molecule has 1 aliphatic heterocycles. The van der Waals surface area contributed by atoms with Crippen molar-refractivity contribution in [2.45, 2.75) is 52.2 Å². The van der Waals surface area contributed by atoms with Crippen LogP contribution in [0.5, 0.6) is 11.5 Å². The molecule has 4 aromatic rings. The highest BCUT2D eigenvalue weighted by molar-refractivity contribution is 6.02. The zero-order chi connectivity index (χ0) is 27.0. The van der Waals surface area contributed by atoms with Gasteiger partial charge in [-0.2, -0.15) is 0 Å². The second kappa shape index (κ2) is 9.96. The van der Waals surface area contributed by atoms with Crippen molar-refractivity contribution in [3.05, 3.63) is 66.4 Å². The fraction of sp³-hybridized carbons (Fsp3) is 0.345. The summed E-state index contributed by atoms with van der Waals surface area (Å²) >= 11 is 0. The van der Waals surface area contributed by atoms with Gasteiger partial charge in [-0.1, -0.05) is 18.2 Å². The van der Waals surface area contributed by atoms with Crippen molar-refractivity contribution in [3.63, 3.8) is 0 Å². The molecule has 5 rings (SSSR count). The van der Waals surface area contributed by atoms with Gasteiger partial charge in [-0.05, 0) is 70.4 Å². The largest absolute Gasteiger partial charge is 0.457 e. The number of amides is 1. The summed E-state index contributed by atoms with van der Waals surface area (Å²) in [6, 6.07) is 13.6. The molecule has 9 heteroatoms. The summed E-state index contributed by atoms with van der Waals surface area (Å²) < 4.78 is 27.2. The molecule has 38 heavy (non-hydrogen) atoms. The highest BCUT2D eigenvalue weighted by Gasteiger charge is 2.31. The number of aromatic nitrogens is 3. The molecule has 1 amide bonds. The first-order chi connectivity index (χ1) is 18.1. The maximum atomic E-state index is 13.5. The van der Waals surface area contributed by atoms with Gasteiger partial charge in [0.25, 0.3) is 0 Å². The molecule has 2 aromatic heterocycles. The fourth-order valence-corrected chi connectivity index (χ4v) is 5.09. The van der Waals surface area contributed by atoms with E-state index >= 15 is 0 Å². The van der Waals surface area contributed by atoms with Gasteiger partial charge in [0.15, 0.2) is 0 Å². The summed E-state index contributed by atoms with van der Waals surface area (Å²) in [5.74, 6) is 1.05. The normalized spacial score (nSPS) is 16.0. The average Bonchev–Trinajstić information content (AvgIpc) is 3.16. The molecule has 0 saturated carbocycles. The predicted octanol–water partition coefficient (Wildman–Crippen LogP) is 6.49. The Hall–Kier alpha value is -4.14. The Balaban J connectivity index is 1.49. The number of nitrogen functional groups attached to an aromatic ring is 1. The van der Waals surface area contributed by atoms with E-state index in [1.54, 1.807) is 17.0 Å². The van der Waals surface area contributed by atoms with Crippen molar-refractivity contribution in [3.8, 4) is 22.6 Å². The molecule has 198 valence electrons. The summed E-state index contributed by atoms with van der Waals surface area (Å²) in [6.45, 7) is 8.83. The molecular weight excluding hydrogens is 485 g/mol. The van der Waals surface area contributed by atoms with Crippen LogP contribution in [0.15, 0.2) is 54.9 Å². The number of nitrogens with zero attached hydrogens (tertiary/aromatic N) is 4. The molecule has 1 saturated heterocycles. The fourth-order valence-electron chi connectivity index (χ4n) is 5.09. The van der Waals surface area contributed by atoms with E-state index in [1.165, 1.54) is 18.5 Å². The molecule has 0 bridgehead atoms. The summed E-state index contributed by atoms with van der Waals surface area (Å²) in [4.78, 5) is 23.5. The number of benzene rings is 2. The number of nitrogens with two attached hydrogens (primary N) is 1. The minimum absolute atomic E-state index is 0.0115. The SMILES string of the molecule is Cc1c(-c2ccc(Oc3cccc(F)c3)cc2)c2c(N)ncnc2n1C1CCCN(C(=O)OC(C)(C)C)C1. The maximum absolute atomic E-state index is 13.5. The number of halogens is 1. The molecule has 1 atom stereocenters. The summed E-state index contributed by atoms with van der Waals surface area (Å²) in [6.07, 6.45) is 2.92. The van der Waals surface area contributed by atoms with Gasteiger partial charge in [-0.15, -0.1) is 0 Å². The van der Waals surface area contributed by atoms with Crippen molar-refractivity contribution in [2.24, 2.45) is 0 Å². The van der Waals surface area contributed by atoms with Crippen molar-refractivity contribution in [2.75, 3.05) is 18.8 Å². The van der Waals surface area contributed by atoms with Gasteiger partial charge in [0.2, 0.25) is 0 Å². The lowest BCUT2D eigenvalue weighted by atomic mass is 10.0. The number of carbonyl (C=O) groups is 1. The smallest absolute Gasteiger partial charge is 0.410 e. The van der Waals surface area contributed by atoms with E-state index in [2.05, 4.69) is 14.5 Å². The summed E-state index contributed by atoms with van der Waals surface area (Å²) in [7, 11) is 0. The molecule has 1 aliphatic rings. The number of rotatable bonds is 4. The van der Waals surface area contributed by atoms with E-state index < -0.39 is 5.60 Å². The lowest BCUT2D eigenvalue weighted by Gasteiger charge is -2.35. The second-order valence-corrected chi connectivity index (χ2v) is 10.6. The minimum atomic E-state index is -0.556. The molecule has 8 nitrogen and oxygen atoms in total. The number of fused-ring (bicyclic) bond motifs is 1. The van der Waals surface area contributed by atoms with E-state index in [1.807, 2.05) is 52.0 Å². The van der Waals surface area contributed by atoms with Crippen LogP contribution in [0.1, 0.15) is 45.3 Å². The average molecular weight is 518 g/mol. The van der Waals surface area contributed by atoms with Gasteiger partial charge in [-0.25, -0.2) is 19.2 Å². The first kappa shape index (κ1) is 25.5. The van der Waals surface area contributed by atoms with E-state index in [4.69, 9.17) is 15.2 Å². The van der Waals surface area contributed by atoms with Crippen LogP contribution in [0.3, 0.4) is 0 Å². The minimum Gasteiger partial charge on any atom is -0.457 e. The predicted molar refractivity (Wildman–Crippen MR) is 145 cm³/mol. The van der Waals surface area contributed by atoms with Crippen LogP contribution in [0, 0.1) is 12.7 Å². The van der Waals surface area contributed by atoms with Crippen LogP contribution in [0.4, 0.5) is 15.0 Å². The third-order valence-electron chi connectivity index (χ3n) is 6.65. The van der Waals surface area contributed by atoms with E-state index in [-0.39, 0.29) is 18.0 Å². The number of hydrogen-bond donors (Lipinski definition) is 1. The number of piperidine rings is 1. The van der Waals surface area contributed by atoms with Crippen molar-refractivity contribution in [1.29, 1.82) is 0 Å². The highest BCUT2D eigenvalue weighted by atomic mass is 19.1. The van der Waals surface area contributed by atoms with Crippen LogP contribution >= 0.6 is 0 Å². The van der Waals surface area contributed by atoms with Gasteiger partial charge < -0.3 is 24.7 Å².